The van der Waals surface area contributed by atoms with Crippen LogP contribution in [-0.4, -0.2) is 34.9 Å². The van der Waals surface area contributed by atoms with Crippen molar-refractivity contribution in [3.8, 4) is 0 Å². The smallest absolute Gasteiger partial charge is 0.333 e. The number of esters is 1. The molecule has 0 aromatic carbocycles. The summed E-state index contributed by atoms with van der Waals surface area (Å²) in [5, 5.41) is 17.5. The number of carbonyl (C=O) groups is 2. The number of aliphatic hydroxyl groups is 1. The maximum atomic E-state index is 11.3. The molecule has 0 aliphatic heterocycles. The first-order valence-electron chi connectivity index (χ1n) is 11.1. The van der Waals surface area contributed by atoms with Crippen molar-refractivity contribution in [1.29, 1.82) is 0 Å². The van der Waals surface area contributed by atoms with Crippen molar-refractivity contribution >= 4 is 11.9 Å². The highest BCUT2D eigenvalue weighted by atomic mass is 16.5. The average molecular weight is 387 g/mol. The topological polar surface area (TPSA) is 83.8 Å². The maximum absolute atomic E-state index is 11.3. The minimum absolute atomic E-state index is 0.309. The Morgan fingerprint density at radius 1 is 0.704 bits per heavy atom. The van der Waals surface area contributed by atoms with Gasteiger partial charge in [-0.25, -0.2) is 4.79 Å². The van der Waals surface area contributed by atoms with Gasteiger partial charge in [-0.2, -0.15) is 0 Å². The largest absolute Gasteiger partial charge is 0.479 e. The molecule has 27 heavy (non-hydrogen) atoms. The zero-order chi connectivity index (χ0) is 20.2. The normalized spacial score (nSPS) is 12.1. The van der Waals surface area contributed by atoms with Crippen molar-refractivity contribution in [2.75, 3.05) is 6.61 Å². The summed E-state index contributed by atoms with van der Waals surface area (Å²) >= 11 is 0. The minimum Gasteiger partial charge on any atom is -0.479 e. The summed E-state index contributed by atoms with van der Waals surface area (Å²) < 4.78 is 4.92. The second-order valence-electron chi connectivity index (χ2n) is 7.58. The van der Waals surface area contributed by atoms with Crippen LogP contribution in [0.4, 0.5) is 0 Å². The fourth-order valence-corrected chi connectivity index (χ4v) is 3.14. The van der Waals surface area contributed by atoms with Gasteiger partial charge in [-0.3, -0.25) is 4.79 Å². The van der Waals surface area contributed by atoms with Crippen LogP contribution in [-0.2, 0) is 14.3 Å². The highest BCUT2D eigenvalue weighted by Gasteiger charge is 2.18. The Balaban J connectivity index is 3.17. The lowest BCUT2D eigenvalue weighted by Crippen LogP contribution is -2.24. The molecule has 2 N–H and O–H groups in total. The number of carbonyl (C=O) groups excluding carboxylic acids is 1. The lowest BCUT2D eigenvalue weighted by molar-refractivity contribution is -0.155. The van der Waals surface area contributed by atoms with Crippen molar-refractivity contribution in [2.45, 2.75) is 122 Å². The monoisotopic (exact) mass is 386 g/mol. The molecule has 160 valence electrons. The van der Waals surface area contributed by atoms with Crippen molar-refractivity contribution in [2.24, 2.45) is 0 Å². The summed E-state index contributed by atoms with van der Waals surface area (Å²) in [6.07, 6.45) is 18.5. The van der Waals surface area contributed by atoms with E-state index in [0.717, 1.165) is 19.3 Å². The second-order valence-corrected chi connectivity index (χ2v) is 7.58. The summed E-state index contributed by atoms with van der Waals surface area (Å²) in [6, 6.07) is 0. The SMILES string of the molecule is CCCCCCCCCCCCCCCCCCOC(=O)CC(O)C(=O)O. The minimum atomic E-state index is -1.66. The van der Waals surface area contributed by atoms with Crippen molar-refractivity contribution < 1.29 is 24.5 Å². The standard InChI is InChI=1S/C22H42O5/c1-2-3-4-5-6-7-8-9-10-11-12-13-14-15-16-17-18-27-21(24)19-20(23)22(25)26/h20,23H,2-19H2,1H3,(H,25,26). The van der Waals surface area contributed by atoms with Gasteiger partial charge in [0.1, 0.15) is 0 Å². The van der Waals surface area contributed by atoms with Crippen LogP contribution in [0.3, 0.4) is 0 Å². The van der Waals surface area contributed by atoms with E-state index in [9.17, 15) is 9.59 Å². The summed E-state index contributed by atoms with van der Waals surface area (Å²) in [4.78, 5) is 21.7. The van der Waals surface area contributed by atoms with Gasteiger partial charge in [0.15, 0.2) is 6.10 Å². The van der Waals surface area contributed by atoms with E-state index in [1.165, 1.54) is 83.5 Å². The highest BCUT2D eigenvalue weighted by molar-refractivity contribution is 5.80. The molecule has 0 fully saturated rings. The molecule has 0 rings (SSSR count). The van der Waals surface area contributed by atoms with Crippen LogP contribution in [0, 0.1) is 0 Å². The van der Waals surface area contributed by atoms with Gasteiger partial charge < -0.3 is 14.9 Å². The number of aliphatic carboxylic acids is 1. The molecule has 5 nitrogen and oxygen atoms in total. The first-order valence-corrected chi connectivity index (χ1v) is 11.1. The fourth-order valence-electron chi connectivity index (χ4n) is 3.14. The Bertz CT molecular complexity index is 357. The molecule has 0 bridgehead atoms. The predicted octanol–water partition coefficient (Wildman–Crippen LogP) is 5.63. The van der Waals surface area contributed by atoms with E-state index in [1.54, 1.807) is 0 Å². The average Bonchev–Trinajstić information content (AvgIpc) is 2.64. The zero-order valence-corrected chi connectivity index (χ0v) is 17.4. The Morgan fingerprint density at radius 2 is 1.07 bits per heavy atom. The third-order valence-electron chi connectivity index (χ3n) is 4.91. The van der Waals surface area contributed by atoms with Crippen molar-refractivity contribution in [1.82, 2.24) is 0 Å². The molecule has 0 spiro atoms. The number of unbranched alkanes of at least 4 members (excludes halogenated alkanes) is 15. The van der Waals surface area contributed by atoms with E-state index in [1.807, 2.05) is 0 Å². The summed E-state index contributed by atoms with van der Waals surface area (Å²) in [6.45, 7) is 2.57. The van der Waals surface area contributed by atoms with Gasteiger partial charge in [0.05, 0.1) is 13.0 Å². The van der Waals surface area contributed by atoms with Crippen LogP contribution in [0.25, 0.3) is 0 Å². The molecule has 0 aliphatic carbocycles. The first-order chi connectivity index (χ1) is 13.1. The molecule has 1 atom stereocenters. The first kappa shape index (κ1) is 25.9. The third kappa shape index (κ3) is 19.5. The van der Waals surface area contributed by atoms with E-state index in [-0.39, 0.29) is 0 Å². The molecule has 5 heteroatoms. The van der Waals surface area contributed by atoms with E-state index in [4.69, 9.17) is 14.9 Å². The van der Waals surface area contributed by atoms with Crippen LogP contribution >= 0.6 is 0 Å². The number of carboxylic acid groups (broad SMARTS) is 1. The van der Waals surface area contributed by atoms with E-state index in [2.05, 4.69) is 6.92 Å². The van der Waals surface area contributed by atoms with E-state index in [0.29, 0.717) is 6.61 Å². The highest BCUT2D eigenvalue weighted by Crippen LogP contribution is 2.13. The number of hydrogen-bond acceptors (Lipinski definition) is 4. The third-order valence-corrected chi connectivity index (χ3v) is 4.91. The number of carboxylic acids is 1. The molecule has 0 heterocycles. The van der Waals surface area contributed by atoms with Gasteiger partial charge in [-0.15, -0.1) is 0 Å². The molecule has 0 saturated carbocycles. The number of rotatable bonds is 20. The van der Waals surface area contributed by atoms with E-state index < -0.39 is 24.5 Å². The second kappa shape index (κ2) is 19.7. The van der Waals surface area contributed by atoms with E-state index >= 15 is 0 Å². The Morgan fingerprint density at radius 3 is 1.44 bits per heavy atom. The predicted molar refractivity (Wildman–Crippen MR) is 109 cm³/mol. The van der Waals surface area contributed by atoms with Crippen molar-refractivity contribution in [3.05, 3.63) is 0 Å². The lowest BCUT2D eigenvalue weighted by Gasteiger charge is -2.07. The number of hydrogen-bond donors (Lipinski definition) is 2. The van der Waals surface area contributed by atoms with Gasteiger partial charge in [-0.1, -0.05) is 103 Å². The Hall–Kier alpha value is -1.10. The Kier molecular flexibility index (Phi) is 18.9. The molecule has 0 aromatic rings. The Labute approximate surface area is 165 Å². The van der Waals surface area contributed by atoms with Crippen LogP contribution < -0.4 is 0 Å². The molecule has 1 unspecified atom stereocenters. The van der Waals surface area contributed by atoms with Crippen LogP contribution in [0.5, 0.6) is 0 Å². The summed E-state index contributed by atoms with van der Waals surface area (Å²) in [5.41, 5.74) is 0. The molecule has 0 amide bonds. The lowest BCUT2D eigenvalue weighted by atomic mass is 10.0. The molecular formula is C22H42O5. The van der Waals surface area contributed by atoms with Crippen LogP contribution in [0.1, 0.15) is 116 Å². The van der Waals surface area contributed by atoms with Gasteiger partial charge in [0.2, 0.25) is 0 Å². The molecule has 0 saturated heterocycles. The molecular weight excluding hydrogens is 344 g/mol. The molecule has 0 aromatic heterocycles. The van der Waals surface area contributed by atoms with Crippen LogP contribution in [0.2, 0.25) is 0 Å². The number of ether oxygens (including phenoxy) is 1. The molecule has 0 aliphatic rings. The van der Waals surface area contributed by atoms with Crippen LogP contribution in [0.15, 0.2) is 0 Å². The van der Waals surface area contributed by atoms with Crippen molar-refractivity contribution in [3.63, 3.8) is 0 Å². The van der Waals surface area contributed by atoms with Gasteiger partial charge in [0, 0.05) is 0 Å². The summed E-state index contributed by atoms with van der Waals surface area (Å²) in [5.74, 6) is -2.04. The van der Waals surface area contributed by atoms with Gasteiger partial charge in [0.25, 0.3) is 0 Å². The summed E-state index contributed by atoms with van der Waals surface area (Å²) in [7, 11) is 0. The number of aliphatic hydroxyl groups excluding tert-OH is 1. The fraction of sp³-hybridized carbons (Fsp3) is 0.909. The van der Waals surface area contributed by atoms with Gasteiger partial charge >= 0.3 is 11.9 Å². The zero-order valence-electron chi connectivity index (χ0n) is 17.4. The maximum Gasteiger partial charge on any atom is 0.333 e. The van der Waals surface area contributed by atoms with Gasteiger partial charge in [-0.05, 0) is 6.42 Å². The quantitative estimate of drug-likeness (QED) is 0.209. The molecule has 0 radical (unpaired) electrons.